The molecule has 128 valence electrons. The number of aromatic nitrogens is 4. The topological polar surface area (TPSA) is 64.0 Å². The summed E-state index contributed by atoms with van der Waals surface area (Å²) < 4.78 is 5.99. The van der Waals surface area contributed by atoms with Gasteiger partial charge in [-0.25, -0.2) is 4.98 Å². The van der Waals surface area contributed by atoms with Gasteiger partial charge in [-0.05, 0) is 13.8 Å². The fraction of sp³-hybridized carbons (Fsp3) is 0.368. The van der Waals surface area contributed by atoms with Gasteiger partial charge in [0.05, 0.1) is 17.6 Å². The molecule has 2 aromatic heterocycles. The van der Waals surface area contributed by atoms with Crippen molar-refractivity contribution in [3.63, 3.8) is 0 Å². The van der Waals surface area contributed by atoms with Gasteiger partial charge in [-0.3, -0.25) is 4.98 Å². The highest BCUT2D eigenvalue weighted by atomic mass is 16.5. The van der Waals surface area contributed by atoms with E-state index >= 15 is 0 Å². The maximum absolute atomic E-state index is 5.99. The molecule has 1 saturated heterocycles. The zero-order valence-corrected chi connectivity index (χ0v) is 14.5. The second kappa shape index (κ2) is 6.63. The van der Waals surface area contributed by atoms with Crippen LogP contribution in [0.15, 0.2) is 36.7 Å². The average molecular weight is 335 g/mol. The summed E-state index contributed by atoms with van der Waals surface area (Å²) >= 11 is 0. The third kappa shape index (κ3) is 3.24. The van der Waals surface area contributed by atoms with Crippen LogP contribution in [0.3, 0.4) is 0 Å². The van der Waals surface area contributed by atoms with Gasteiger partial charge in [0.1, 0.15) is 6.10 Å². The van der Waals surface area contributed by atoms with Crippen LogP contribution in [0.2, 0.25) is 0 Å². The molecule has 6 heteroatoms. The number of nitrogens with zero attached hydrogens (tertiary/aromatic N) is 5. The molecule has 0 saturated carbocycles. The van der Waals surface area contributed by atoms with Gasteiger partial charge in [0.15, 0.2) is 5.82 Å². The number of ether oxygens (including phenoxy) is 1. The Kier molecular flexibility index (Phi) is 4.17. The number of rotatable bonds is 3. The van der Waals surface area contributed by atoms with Crippen LogP contribution in [0.4, 0.5) is 5.82 Å². The SMILES string of the molecule is Cc1cncc(OC2CCN(c3nnc(C)c4ccccc34)CC2)n1. The van der Waals surface area contributed by atoms with E-state index in [1.165, 1.54) is 10.8 Å². The second-order valence-corrected chi connectivity index (χ2v) is 6.46. The highest BCUT2D eigenvalue weighted by Crippen LogP contribution is 2.28. The molecule has 0 spiro atoms. The molecule has 6 nitrogen and oxygen atoms in total. The molecular weight excluding hydrogens is 314 g/mol. The molecule has 1 fully saturated rings. The van der Waals surface area contributed by atoms with Crippen molar-refractivity contribution in [2.45, 2.75) is 32.8 Å². The van der Waals surface area contributed by atoms with Gasteiger partial charge in [0.25, 0.3) is 0 Å². The number of anilines is 1. The smallest absolute Gasteiger partial charge is 0.232 e. The maximum Gasteiger partial charge on any atom is 0.232 e. The molecular formula is C19H21N5O. The van der Waals surface area contributed by atoms with Crippen LogP contribution in [0.5, 0.6) is 5.88 Å². The summed E-state index contributed by atoms with van der Waals surface area (Å²) in [5.41, 5.74) is 1.84. The maximum atomic E-state index is 5.99. The molecule has 0 radical (unpaired) electrons. The van der Waals surface area contributed by atoms with Crippen LogP contribution in [0, 0.1) is 13.8 Å². The lowest BCUT2D eigenvalue weighted by Crippen LogP contribution is -2.39. The van der Waals surface area contributed by atoms with Crippen molar-refractivity contribution in [2.75, 3.05) is 18.0 Å². The molecule has 4 rings (SSSR count). The van der Waals surface area contributed by atoms with E-state index in [2.05, 4.69) is 43.3 Å². The van der Waals surface area contributed by atoms with Crippen molar-refractivity contribution < 1.29 is 4.74 Å². The molecule has 1 aromatic carbocycles. The minimum Gasteiger partial charge on any atom is -0.473 e. The summed E-state index contributed by atoms with van der Waals surface area (Å²) in [6.07, 6.45) is 5.44. The first-order valence-corrected chi connectivity index (χ1v) is 8.63. The largest absolute Gasteiger partial charge is 0.473 e. The predicted octanol–water partition coefficient (Wildman–Crippen LogP) is 3.08. The Morgan fingerprint density at radius 1 is 1.00 bits per heavy atom. The number of hydrogen-bond donors (Lipinski definition) is 0. The summed E-state index contributed by atoms with van der Waals surface area (Å²) in [7, 11) is 0. The van der Waals surface area contributed by atoms with Crippen LogP contribution in [-0.2, 0) is 0 Å². The van der Waals surface area contributed by atoms with E-state index in [0.29, 0.717) is 5.88 Å². The highest BCUT2D eigenvalue weighted by molar-refractivity contribution is 5.93. The van der Waals surface area contributed by atoms with Crippen molar-refractivity contribution in [1.29, 1.82) is 0 Å². The molecule has 0 N–H and O–H groups in total. The van der Waals surface area contributed by atoms with Crippen molar-refractivity contribution in [2.24, 2.45) is 0 Å². The standard InChI is InChI=1S/C19H21N5O/c1-13-11-20-12-18(21-13)25-15-7-9-24(10-8-15)19-17-6-4-3-5-16(17)14(2)22-23-19/h3-6,11-12,15H,7-10H2,1-2H3. The minimum atomic E-state index is 0.164. The number of hydrogen-bond acceptors (Lipinski definition) is 6. The Hall–Kier alpha value is -2.76. The van der Waals surface area contributed by atoms with E-state index in [9.17, 15) is 0 Å². The van der Waals surface area contributed by atoms with Gasteiger partial charge < -0.3 is 9.64 Å². The van der Waals surface area contributed by atoms with Gasteiger partial charge in [-0.1, -0.05) is 24.3 Å². The Labute approximate surface area is 146 Å². The predicted molar refractivity (Wildman–Crippen MR) is 96.9 cm³/mol. The first kappa shape index (κ1) is 15.7. The first-order chi connectivity index (χ1) is 12.2. The monoisotopic (exact) mass is 335 g/mol. The fourth-order valence-corrected chi connectivity index (χ4v) is 3.31. The van der Waals surface area contributed by atoms with Crippen LogP contribution in [0.1, 0.15) is 24.2 Å². The summed E-state index contributed by atoms with van der Waals surface area (Å²) in [5, 5.41) is 11.1. The minimum absolute atomic E-state index is 0.164. The van der Waals surface area contributed by atoms with Crippen molar-refractivity contribution in [1.82, 2.24) is 20.2 Å². The summed E-state index contributed by atoms with van der Waals surface area (Å²) in [6.45, 7) is 5.71. The summed E-state index contributed by atoms with van der Waals surface area (Å²) in [4.78, 5) is 10.8. The third-order valence-electron chi connectivity index (χ3n) is 4.61. The van der Waals surface area contributed by atoms with Crippen LogP contribution in [-0.4, -0.2) is 39.4 Å². The van der Waals surface area contributed by atoms with E-state index in [1.54, 1.807) is 12.4 Å². The summed E-state index contributed by atoms with van der Waals surface area (Å²) in [5.74, 6) is 1.58. The quantitative estimate of drug-likeness (QED) is 0.733. The lowest BCUT2D eigenvalue weighted by molar-refractivity contribution is 0.163. The van der Waals surface area contributed by atoms with Crippen LogP contribution < -0.4 is 9.64 Å². The molecule has 3 aromatic rings. The van der Waals surface area contributed by atoms with Gasteiger partial charge in [0, 0.05) is 42.9 Å². The highest BCUT2D eigenvalue weighted by Gasteiger charge is 2.23. The number of benzene rings is 1. The zero-order chi connectivity index (χ0) is 17.2. The fourth-order valence-electron chi connectivity index (χ4n) is 3.31. The average Bonchev–Trinajstić information content (AvgIpc) is 2.63. The number of fused-ring (bicyclic) bond motifs is 1. The number of aryl methyl sites for hydroxylation is 2. The molecule has 0 bridgehead atoms. The second-order valence-electron chi connectivity index (χ2n) is 6.46. The zero-order valence-electron chi connectivity index (χ0n) is 14.5. The van der Waals surface area contributed by atoms with E-state index in [1.807, 2.05) is 19.9 Å². The van der Waals surface area contributed by atoms with E-state index in [0.717, 1.165) is 43.1 Å². The Morgan fingerprint density at radius 2 is 1.76 bits per heavy atom. The van der Waals surface area contributed by atoms with Crippen molar-refractivity contribution in [3.05, 3.63) is 48.0 Å². The van der Waals surface area contributed by atoms with Gasteiger partial charge >= 0.3 is 0 Å². The molecule has 0 amide bonds. The Balaban J connectivity index is 1.48. The molecule has 1 aliphatic rings. The molecule has 1 aliphatic heterocycles. The molecule has 25 heavy (non-hydrogen) atoms. The normalized spacial score (nSPS) is 15.5. The van der Waals surface area contributed by atoms with Crippen molar-refractivity contribution >= 4 is 16.6 Å². The van der Waals surface area contributed by atoms with E-state index < -0.39 is 0 Å². The lowest BCUT2D eigenvalue weighted by Gasteiger charge is -2.33. The Morgan fingerprint density at radius 3 is 2.52 bits per heavy atom. The van der Waals surface area contributed by atoms with E-state index in [4.69, 9.17) is 4.74 Å². The third-order valence-corrected chi connectivity index (χ3v) is 4.61. The lowest BCUT2D eigenvalue weighted by atomic mass is 10.1. The van der Waals surface area contributed by atoms with Gasteiger partial charge in [-0.2, -0.15) is 5.10 Å². The van der Waals surface area contributed by atoms with Crippen molar-refractivity contribution in [3.8, 4) is 5.88 Å². The number of piperidine rings is 1. The Bertz CT molecular complexity index is 890. The van der Waals surface area contributed by atoms with Gasteiger partial charge in [-0.15, -0.1) is 5.10 Å². The van der Waals surface area contributed by atoms with Crippen LogP contribution in [0.25, 0.3) is 10.8 Å². The first-order valence-electron chi connectivity index (χ1n) is 8.63. The molecule has 0 aliphatic carbocycles. The molecule has 0 unspecified atom stereocenters. The van der Waals surface area contributed by atoms with Crippen LogP contribution >= 0.6 is 0 Å². The molecule has 3 heterocycles. The van der Waals surface area contributed by atoms with Gasteiger partial charge in [0.2, 0.25) is 5.88 Å². The molecule has 0 atom stereocenters. The van der Waals surface area contributed by atoms with E-state index in [-0.39, 0.29) is 6.10 Å². The summed E-state index contributed by atoms with van der Waals surface area (Å²) in [6, 6.07) is 8.33.